The zero-order chi connectivity index (χ0) is 21.3. The Morgan fingerprint density at radius 3 is 2.60 bits per heavy atom. The fourth-order valence-corrected chi connectivity index (χ4v) is 7.08. The molecule has 30 heavy (non-hydrogen) atoms. The molecule has 1 amide bonds. The van der Waals surface area contributed by atoms with Gasteiger partial charge in [-0.1, -0.05) is 23.7 Å². The lowest BCUT2D eigenvalue weighted by Gasteiger charge is -2.39. The number of sulfonamides is 1. The molecule has 0 spiro atoms. The quantitative estimate of drug-likeness (QED) is 0.690. The van der Waals surface area contributed by atoms with Gasteiger partial charge in [0.15, 0.2) is 0 Å². The molecule has 3 heterocycles. The Balaban J connectivity index is 1.39. The van der Waals surface area contributed by atoms with Crippen LogP contribution in [0.25, 0.3) is 0 Å². The molecule has 6 nitrogen and oxygen atoms in total. The summed E-state index contributed by atoms with van der Waals surface area (Å²) in [4.78, 5) is 17.3. The molecule has 2 saturated heterocycles. The first-order valence-corrected chi connectivity index (χ1v) is 12.9. The van der Waals surface area contributed by atoms with Crippen LogP contribution < -0.4 is 4.90 Å². The Hall–Kier alpha value is -1.61. The predicted octanol–water partition coefficient (Wildman–Crippen LogP) is 3.46. The summed E-state index contributed by atoms with van der Waals surface area (Å²) in [6.45, 7) is 5.58. The molecule has 0 saturated carbocycles. The first-order valence-electron chi connectivity index (χ1n) is 10.2. The number of amides is 1. The van der Waals surface area contributed by atoms with Crippen molar-refractivity contribution in [3.8, 4) is 0 Å². The monoisotopic (exact) mass is 467 g/mol. The third kappa shape index (κ3) is 4.37. The molecule has 1 aromatic heterocycles. The lowest BCUT2D eigenvalue weighted by Crippen LogP contribution is -2.53. The lowest BCUT2D eigenvalue weighted by molar-refractivity contribution is -0.137. The van der Waals surface area contributed by atoms with Crippen LogP contribution in [0.1, 0.15) is 18.4 Å². The SMILES string of the molecule is Cc1ccc(Cl)cc1N1CCN(C(=O)C2CCCN(S(=O)(=O)c3cccs3)C2)CC1. The Kier molecular flexibility index (Phi) is 6.39. The summed E-state index contributed by atoms with van der Waals surface area (Å²) < 4.78 is 27.5. The van der Waals surface area contributed by atoms with Gasteiger partial charge in [0, 0.05) is 50.0 Å². The summed E-state index contributed by atoms with van der Waals surface area (Å²) in [7, 11) is -3.51. The average Bonchev–Trinajstić information content (AvgIpc) is 3.31. The number of nitrogens with zero attached hydrogens (tertiary/aromatic N) is 3. The molecular formula is C21H26ClN3O3S2. The van der Waals surface area contributed by atoms with Crippen molar-refractivity contribution in [2.75, 3.05) is 44.2 Å². The Morgan fingerprint density at radius 2 is 1.90 bits per heavy atom. The lowest BCUT2D eigenvalue weighted by atomic mass is 9.97. The standard InChI is InChI=1S/C21H26ClN3O3S2/c1-16-6-7-18(22)14-19(16)23-9-11-24(12-10-23)21(26)17-4-2-8-25(15-17)30(27,28)20-5-3-13-29-20/h3,5-7,13-14,17H,2,4,8-12,15H2,1H3. The van der Waals surface area contributed by atoms with E-state index in [1.54, 1.807) is 17.5 Å². The van der Waals surface area contributed by atoms with Gasteiger partial charge in [0.2, 0.25) is 5.91 Å². The minimum atomic E-state index is -3.51. The number of aryl methyl sites for hydroxylation is 1. The predicted molar refractivity (Wildman–Crippen MR) is 121 cm³/mol. The van der Waals surface area contributed by atoms with Crippen LogP contribution in [0.5, 0.6) is 0 Å². The van der Waals surface area contributed by atoms with Crippen LogP contribution in [0.4, 0.5) is 5.69 Å². The number of thiophene rings is 1. The summed E-state index contributed by atoms with van der Waals surface area (Å²) in [5.41, 5.74) is 2.28. The van der Waals surface area contributed by atoms with Gasteiger partial charge in [-0.15, -0.1) is 11.3 Å². The largest absolute Gasteiger partial charge is 0.368 e. The Morgan fingerprint density at radius 1 is 1.13 bits per heavy atom. The second kappa shape index (κ2) is 8.86. The van der Waals surface area contributed by atoms with Gasteiger partial charge >= 0.3 is 0 Å². The van der Waals surface area contributed by atoms with Crippen LogP contribution >= 0.6 is 22.9 Å². The van der Waals surface area contributed by atoms with Crippen LogP contribution in [-0.4, -0.2) is 62.8 Å². The van der Waals surface area contributed by atoms with Crippen molar-refractivity contribution in [1.29, 1.82) is 0 Å². The van der Waals surface area contributed by atoms with E-state index >= 15 is 0 Å². The van der Waals surface area contributed by atoms with Crippen molar-refractivity contribution in [2.24, 2.45) is 5.92 Å². The van der Waals surface area contributed by atoms with E-state index in [-0.39, 0.29) is 18.4 Å². The fourth-order valence-electron chi connectivity index (χ4n) is 4.25. The third-order valence-electron chi connectivity index (χ3n) is 5.93. The van der Waals surface area contributed by atoms with E-state index in [2.05, 4.69) is 11.8 Å². The molecule has 0 radical (unpaired) electrons. The highest BCUT2D eigenvalue weighted by Crippen LogP contribution is 2.29. The molecule has 2 aromatic rings. The van der Waals surface area contributed by atoms with E-state index in [1.807, 2.05) is 23.1 Å². The zero-order valence-electron chi connectivity index (χ0n) is 17.0. The molecule has 1 unspecified atom stereocenters. The molecule has 1 atom stereocenters. The van der Waals surface area contributed by atoms with Gasteiger partial charge in [0.25, 0.3) is 10.0 Å². The van der Waals surface area contributed by atoms with Crippen molar-refractivity contribution in [3.05, 3.63) is 46.3 Å². The number of hydrogen-bond acceptors (Lipinski definition) is 5. The van der Waals surface area contributed by atoms with Gasteiger partial charge in [-0.2, -0.15) is 4.31 Å². The normalized spacial score (nSPS) is 21.1. The van der Waals surface area contributed by atoms with Crippen LogP contribution in [0, 0.1) is 12.8 Å². The second-order valence-corrected chi connectivity index (χ2v) is 11.4. The molecule has 1 aromatic carbocycles. The van der Waals surface area contributed by atoms with E-state index in [0.29, 0.717) is 35.3 Å². The molecule has 2 aliphatic heterocycles. The number of carbonyl (C=O) groups excluding carboxylic acids is 1. The van der Waals surface area contributed by atoms with Gasteiger partial charge in [0.1, 0.15) is 4.21 Å². The number of rotatable bonds is 4. The number of carbonyl (C=O) groups is 1. The fraction of sp³-hybridized carbons (Fsp3) is 0.476. The first kappa shape index (κ1) is 21.6. The van der Waals surface area contributed by atoms with Gasteiger partial charge < -0.3 is 9.80 Å². The molecule has 4 rings (SSSR count). The van der Waals surface area contributed by atoms with Crippen molar-refractivity contribution < 1.29 is 13.2 Å². The summed E-state index contributed by atoms with van der Waals surface area (Å²) in [6, 6.07) is 9.25. The van der Waals surface area contributed by atoms with Gasteiger partial charge in [-0.05, 0) is 48.9 Å². The van der Waals surface area contributed by atoms with Crippen molar-refractivity contribution >= 4 is 44.6 Å². The van der Waals surface area contributed by atoms with Gasteiger partial charge in [0.05, 0.1) is 5.92 Å². The molecule has 9 heteroatoms. The van der Waals surface area contributed by atoms with E-state index in [9.17, 15) is 13.2 Å². The van der Waals surface area contributed by atoms with E-state index in [1.165, 1.54) is 21.2 Å². The van der Waals surface area contributed by atoms with Crippen molar-refractivity contribution in [3.63, 3.8) is 0 Å². The first-order chi connectivity index (χ1) is 14.4. The molecule has 0 bridgehead atoms. The van der Waals surface area contributed by atoms with E-state index < -0.39 is 10.0 Å². The third-order valence-corrected chi connectivity index (χ3v) is 9.40. The Labute approximate surface area is 187 Å². The van der Waals surface area contributed by atoms with E-state index in [4.69, 9.17) is 11.6 Å². The molecule has 0 N–H and O–H groups in total. The van der Waals surface area contributed by atoms with Crippen LogP contribution in [-0.2, 0) is 14.8 Å². The maximum absolute atomic E-state index is 13.1. The van der Waals surface area contributed by atoms with Crippen LogP contribution in [0.15, 0.2) is 39.9 Å². The second-order valence-electron chi connectivity index (χ2n) is 7.88. The summed E-state index contributed by atoms with van der Waals surface area (Å²) in [5, 5.41) is 2.48. The average molecular weight is 468 g/mol. The zero-order valence-corrected chi connectivity index (χ0v) is 19.3. The van der Waals surface area contributed by atoms with Crippen molar-refractivity contribution in [2.45, 2.75) is 24.0 Å². The molecular weight excluding hydrogens is 442 g/mol. The summed E-state index contributed by atoms with van der Waals surface area (Å²) in [5.74, 6) is -0.198. The molecule has 2 fully saturated rings. The maximum atomic E-state index is 13.1. The topological polar surface area (TPSA) is 60.9 Å². The smallest absolute Gasteiger partial charge is 0.252 e. The van der Waals surface area contributed by atoms with Crippen LogP contribution in [0.2, 0.25) is 5.02 Å². The Bertz CT molecular complexity index is 1000. The van der Waals surface area contributed by atoms with Crippen molar-refractivity contribution in [1.82, 2.24) is 9.21 Å². The van der Waals surface area contributed by atoms with Crippen LogP contribution in [0.3, 0.4) is 0 Å². The minimum absolute atomic E-state index is 0.0727. The van der Waals surface area contributed by atoms with Gasteiger partial charge in [-0.3, -0.25) is 4.79 Å². The molecule has 2 aliphatic rings. The molecule has 162 valence electrons. The number of hydrogen-bond donors (Lipinski definition) is 0. The number of piperazine rings is 1. The highest BCUT2D eigenvalue weighted by molar-refractivity contribution is 7.91. The molecule has 0 aliphatic carbocycles. The number of anilines is 1. The highest BCUT2D eigenvalue weighted by atomic mass is 35.5. The number of benzene rings is 1. The minimum Gasteiger partial charge on any atom is -0.368 e. The number of piperidine rings is 1. The summed E-state index contributed by atoms with van der Waals surface area (Å²) in [6.07, 6.45) is 1.45. The van der Waals surface area contributed by atoms with Gasteiger partial charge in [-0.25, -0.2) is 8.42 Å². The highest BCUT2D eigenvalue weighted by Gasteiger charge is 2.36. The summed E-state index contributed by atoms with van der Waals surface area (Å²) >= 11 is 7.38. The van der Waals surface area contributed by atoms with E-state index in [0.717, 1.165) is 25.2 Å². The maximum Gasteiger partial charge on any atom is 0.252 e. The number of halogens is 1.